The van der Waals surface area contributed by atoms with Crippen LogP contribution in [-0.4, -0.2) is 38.1 Å². The van der Waals surface area contributed by atoms with Crippen LogP contribution in [-0.2, 0) is 6.54 Å². The molecule has 26 heavy (non-hydrogen) atoms. The summed E-state index contributed by atoms with van der Waals surface area (Å²) in [6, 6.07) is 4.99. The number of thioether (sulfide) groups is 2. The molecule has 9 heteroatoms. The molecule has 2 aromatic heterocycles. The Hall–Kier alpha value is -1.48. The summed E-state index contributed by atoms with van der Waals surface area (Å²) < 4.78 is 40.8. The summed E-state index contributed by atoms with van der Waals surface area (Å²) >= 11 is 3.11. The van der Waals surface area contributed by atoms with Crippen LogP contribution in [0.3, 0.4) is 0 Å². The van der Waals surface area contributed by atoms with Crippen molar-refractivity contribution >= 4 is 23.5 Å². The number of hydrogen-bond acceptors (Lipinski definition) is 5. The van der Waals surface area contributed by atoms with E-state index in [1.165, 1.54) is 6.07 Å². The van der Waals surface area contributed by atoms with Gasteiger partial charge in [0.15, 0.2) is 6.17 Å². The highest BCUT2D eigenvalue weighted by atomic mass is 32.2. The standard InChI is InChI=1S/C17H20F3N3OS2/c1-4-25-13-6-7-14(26-5-2)22-16(13)12-8-15(24)23(10-21-12)9-17(19,20)11(3)18/h6-8,10-11H,4-5,9H2,1-3H3. The second kappa shape index (κ2) is 8.94. The highest BCUT2D eigenvalue weighted by Crippen LogP contribution is 2.31. The molecule has 1 atom stereocenters. The number of rotatable bonds is 8. The lowest BCUT2D eigenvalue weighted by molar-refractivity contribution is -0.0786. The quantitative estimate of drug-likeness (QED) is 0.607. The molecule has 0 aromatic carbocycles. The minimum atomic E-state index is -3.63. The van der Waals surface area contributed by atoms with E-state index in [-0.39, 0.29) is 0 Å². The zero-order chi connectivity index (χ0) is 19.3. The van der Waals surface area contributed by atoms with E-state index in [4.69, 9.17) is 0 Å². The molecule has 2 rings (SSSR count). The van der Waals surface area contributed by atoms with Crippen molar-refractivity contribution in [2.75, 3.05) is 11.5 Å². The fourth-order valence-corrected chi connectivity index (χ4v) is 3.52. The Morgan fingerprint density at radius 3 is 2.50 bits per heavy atom. The largest absolute Gasteiger partial charge is 0.295 e. The first-order chi connectivity index (χ1) is 12.3. The van der Waals surface area contributed by atoms with E-state index in [9.17, 15) is 18.0 Å². The van der Waals surface area contributed by atoms with Crippen LogP contribution < -0.4 is 5.56 Å². The smallest absolute Gasteiger partial charge is 0.293 e. The number of hydrogen-bond donors (Lipinski definition) is 0. The molecule has 0 saturated carbocycles. The molecule has 142 valence electrons. The molecule has 1 unspecified atom stereocenters. The maximum atomic E-state index is 13.6. The first-order valence-corrected chi connectivity index (χ1v) is 10.1. The molecule has 0 bridgehead atoms. The summed E-state index contributed by atoms with van der Waals surface area (Å²) in [6.07, 6.45) is -1.33. The van der Waals surface area contributed by atoms with Gasteiger partial charge in [0, 0.05) is 11.0 Å². The van der Waals surface area contributed by atoms with Gasteiger partial charge < -0.3 is 0 Å². The third-order valence-electron chi connectivity index (χ3n) is 3.51. The number of aromatic nitrogens is 3. The fourth-order valence-electron chi connectivity index (χ4n) is 2.14. The van der Waals surface area contributed by atoms with Crippen LogP contribution in [0.2, 0.25) is 0 Å². The van der Waals surface area contributed by atoms with Crippen molar-refractivity contribution in [3.8, 4) is 11.4 Å². The van der Waals surface area contributed by atoms with Crippen molar-refractivity contribution in [3.63, 3.8) is 0 Å². The summed E-state index contributed by atoms with van der Waals surface area (Å²) in [5.74, 6) is -1.98. The Labute approximate surface area is 158 Å². The number of nitrogens with zero attached hydrogens (tertiary/aromatic N) is 3. The van der Waals surface area contributed by atoms with Gasteiger partial charge in [-0.3, -0.25) is 9.36 Å². The fraction of sp³-hybridized carbons (Fsp3) is 0.471. The zero-order valence-electron chi connectivity index (χ0n) is 14.7. The van der Waals surface area contributed by atoms with Crippen molar-refractivity contribution < 1.29 is 13.2 Å². The third kappa shape index (κ3) is 5.03. The molecule has 0 fully saturated rings. The third-order valence-corrected chi connectivity index (χ3v) is 5.25. The molecule has 0 N–H and O–H groups in total. The van der Waals surface area contributed by atoms with Gasteiger partial charge in [0.1, 0.15) is 5.69 Å². The van der Waals surface area contributed by atoms with Crippen LogP contribution in [0.4, 0.5) is 13.2 Å². The van der Waals surface area contributed by atoms with Crippen LogP contribution in [0, 0.1) is 0 Å². The van der Waals surface area contributed by atoms with Crippen molar-refractivity contribution in [1.82, 2.24) is 14.5 Å². The van der Waals surface area contributed by atoms with Crippen LogP contribution in [0.5, 0.6) is 0 Å². The Balaban J connectivity index is 2.42. The monoisotopic (exact) mass is 403 g/mol. The van der Waals surface area contributed by atoms with Crippen LogP contribution in [0.1, 0.15) is 20.8 Å². The first kappa shape index (κ1) is 20.8. The lowest BCUT2D eigenvalue weighted by atomic mass is 10.2. The Morgan fingerprint density at radius 2 is 1.92 bits per heavy atom. The maximum absolute atomic E-state index is 13.6. The molecule has 0 aliphatic rings. The summed E-state index contributed by atoms with van der Waals surface area (Å²) in [4.78, 5) is 21.7. The highest BCUT2D eigenvalue weighted by molar-refractivity contribution is 7.99. The predicted octanol–water partition coefficient (Wildman–Crippen LogP) is 4.52. The lowest BCUT2D eigenvalue weighted by Crippen LogP contribution is -2.37. The van der Waals surface area contributed by atoms with Gasteiger partial charge in [-0.05, 0) is 30.6 Å². The number of alkyl halides is 3. The van der Waals surface area contributed by atoms with Gasteiger partial charge in [0.25, 0.3) is 11.5 Å². The van der Waals surface area contributed by atoms with E-state index in [0.717, 1.165) is 39.2 Å². The minimum Gasteiger partial charge on any atom is -0.293 e. The summed E-state index contributed by atoms with van der Waals surface area (Å²) in [7, 11) is 0. The molecular weight excluding hydrogens is 383 g/mol. The molecule has 2 aromatic rings. The van der Waals surface area contributed by atoms with Gasteiger partial charge in [0.2, 0.25) is 0 Å². The van der Waals surface area contributed by atoms with Crippen LogP contribution in [0.15, 0.2) is 39.2 Å². The van der Waals surface area contributed by atoms with Gasteiger partial charge in [0.05, 0.1) is 23.6 Å². The maximum Gasteiger partial charge on any atom is 0.295 e. The van der Waals surface area contributed by atoms with Crippen LogP contribution in [0.25, 0.3) is 11.4 Å². The average molecular weight is 403 g/mol. The normalized spacial score (nSPS) is 13.0. The molecule has 0 spiro atoms. The van der Waals surface area contributed by atoms with Gasteiger partial charge in [-0.1, -0.05) is 13.8 Å². The molecule has 4 nitrogen and oxygen atoms in total. The average Bonchev–Trinajstić information content (AvgIpc) is 2.58. The molecule has 0 saturated heterocycles. The van der Waals surface area contributed by atoms with Crippen molar-refractivity contribution in [1.29, 1.82) is 0 Å². The topological polar surface area (TPSA) is 47.8 Å². The van der Waals surface area contributed by atoms with E-state index < -0.39 is 24.2 Å². The Bertz CT molecular complexity index is 812. The van der Waals surface area contributed by atoms with Gasteiger partial charge in [-0.25, -0.2) is 23.1 Å². The van der Waals surface area contributed by atoms with E-state index in [0.29, 0.717) is 11.4 Å². The SMILES string of the molecule is CCSc1ccc(SCC)c(-c2cc(=O)n(CC(F)(F)C(C)F)cn2)n1. The van der Waals surface area contributed by atoms with E-state index in [2.05, 4.69) is 9.97 Å². The molecule has 2 heterocycles. The highest BCUT2D eigenvalue weighted by Gasteiger charge is 2.37. The minimum absolute atomic E-state index is 0.317. The van der Waals surface area contributed by atoms with Crippen molar-refractivity contribution in [3.05, 3.63) is 34.9 Å². The summed E-state index contributed by atoms with van der Waals surface area (Å²) in [6.45, 7) is 3.72. The summed E-state index contributed by atoms with van der Waals surface area (Å²) in [5.41, 5.74) is 0.195. The second-order valence-electron chi connectivity index (χ2n) is 5.48. The van der Waals surface area contributed by atoms with Crippen molar-refractivity contribution in [2.45, 2.75) is 49.3 Å². The lowest BCUT2D eigenvalue weighted by Gasteiger charge is -2.18. The van der Waals surface area contributed by atoms with E-state index in [1.54, 1.807) is 23.5 Å². The molecular formula is C17H20F3N3OS2. The van der Waals surface area contributed by atoms with Gasteiger partial charge in [-0.2, -0.15) is 0 Å². The van der Waals surface area contributed by atoms with E-state index >= 15 is 0 Å². The van der Waals surface area contributed by atoms with Crippen LogP contribution >= 0.6 is 23.5 Å². The molecule has 0 aliphatic heterocycles. The number of halogens is 3. The number of pyridine rings is 1. The first-order valence-electron chi connectivity index (χ1n) is 8.13. The van der Waals surface area contributed by atoms with Gasteiger partial charge >= 0.3 is 0 Å². The Kier molecular flexibility index (Phi) is 7.16. The van der Waals surface area contributed by atoms with Crippen molar-refractivity contribution in [2.24, 2.45) is 0 Å². The molecule has 0 amide bonds. The molecule has 0 aliphatic carbocycles. The summed E-state index contributed by atoms with van der Waals surface area (Å²) in [5, 5.41) is 0.798. The predicted molar refractivity (Wildman–Crippen MR) is 100 cm³/mol. The van der Waals surface area contributed by atoms with E-state index in [1.807, 2.05) is 26.0 Å². The second-order valence-corrected chi connectivity index (χ2v) is 8.07. The molecule has 0 radical (unpaired) electrons. The zero-order valence-corrected chi connectivity index (χ0v) is 16.3. The van der Waals surface area contributed by atoms with Gasteiger partial charge in [-0.15, -0.1) is 23.5 Å². The Morgan fingerprint density at radius 1 is 1.23 bits per heavy atom.